The van der Waals surface area contributed by atoms with Crippen LogP contribution in [0.3, 0.4) is 0 Å². The third kappa shape index (κ3) is 3.00. The molecule has 3 rings (SSSR count). The lowest BCUT2D eigenvalue weighted by molar-refractivity contribution is -0.130. The number of aromatic nitrogens is 2. The van der Waals surface area contributed by atoms with Gasteiger partial charge in [-0.2, -0.15) is 0 Å². The van der Waals surface area contributed by atoms with Crippen molar-refractivity contribution in [2.75, 3.05) is 18.4 Å². The highest BCUT2D eigenvalue weighted by Gasteiger charge is 2.23. The minimum atomic E-state index is -0.291. The molecule has 1 fully saturated rings. The highest BCUT2D eigenvalue weighted by Crippen LogP contribution is 2.24. The van der Waals surface area contributed by atoms with Gasteiger partial charge in [0.1, 0.15) is 18.2 Å². The molecule has 1 unspecified atom stereocenters. The fourth-order valence-corrected chi connectivity index (χ4v) is 2.98. The molecule has 1 aromatic heterocycles. The summed E-state index contributed by atoms with van der Waals surface area (Å²) >= 11 is 3.46. The minimum absolute atomic E-state index is 0.134. The lowest BCUT2D eigenvalue weighted by Gasteiger charge is -2.21. The molecule has 1 saturated heterocycles. The van der Waals surface area contributed by atoms with E-state index in [1.807, 2.05) is 30.0 Å². The summed E-state index contributed by atoms with van der Waals surface area (Å²) in [4.78, 5) is 22.8. The first-order valence-corrected chi connectivity index (χ1v) is 7.90. The SMILES string of the molecule is CC(Nc1ncnc2ccc(Br)cc12)C(=O)N1CCCC1. The van der Waals surface area contributed by atoms with Crippen LogP contribution in [-0.2, 0) is 4.79 Å². The summed E-state index contributed by atoms with van der Waals surface area (Å²) in [6, 6.07) is 5.54. The average molecular weight is 349 g/mol. The summed E-state index contributed by atoms with van der Waals surface area (Å²) < 4.78 is 0.964. The maximum Gasteiger partial charge on any atom is 0.244 e. The average Bonchev–Trinajstić information content (AvgIpc) is 3.01. The summed E-state index contributed by atoms with van der Waals surface area (Å²) in [7, 11) is 0. The molecule has 1 aliphatic rings. The first kappa shape index (κ1) is 14.3. The van der Waals surface area contributed by atoms with E-state index in [9.17, 15) is 4.79 Å². The van der Waals surface area contributed by atoms with Crippen LogP contribution in [0.15, 0.2) is 29.0 Å². The number of rotatable bonds is 3. The van der Waals surface area contributed by atoms with Crippen molar-refractivity contribution in [1.29, 1.82) is 0 Å². The van der Waals surface area contributed by atoms with Gasteiger partial charge in [-0.1, -0.05) is 15.9 Å². The molecule has 2 heterocycles. The molecular weight excluding hydrogens is 332 g/mol. The number of carbonyl (C=O) groups excluding carboxylic acids is 1. The Bertz CT molecular complexity index is 670. The summed E-state index contributed by atoms with van der Waals surface area (Å²) in [5.41, 5.74) is 0.858. The Morgan fingerprint density at radius 2 is 2.10 bits per heavy atom. The van der Waals surface area contributed by atoms with Gasteiger partial charge in [0, 0.05) is 22.9 Å². The normalized spacial score (nSPS) is 16.2. The number of hydrogen-bond donors (Lipinski definition) is 1. The zero-order chi connectivity index (χ0) is 14.8. The molecule has 1 aliphatic heterocycles. The van der Waals surface area contributed by atoms with Gasteiger partial charge in [0.15, 0.2) is 0 Å². The quantitative estimate of drug-likeness (QED) is 0.926. The van der Waals surface area contributed by atoms with Gasteiger partial charge in [0.05, 0.1) is 5.52 Å². The van der Waals surface area contributed by atoms with Crippen LogP contribution in [-0.4, -0.2) is 39.9 Å². The summed E-state index contributed by atoms with van der Waals surface area (Å²) in [5, 5.41) is 4.14. The lowest BCUT2D eigenvalue weighted by atomic mass is 10.2. The maximum absolute atomic E-state index is 12.4. The molecule has 21 heavy (non-hydrogen) atoms. The van der Waals surface area contributed by atoms with E-state index in [0.29, 0.717) is 5.82 Å². The number of nitrogens with zero attached hydrogens (tertiary/aromatic N) is 3. The van der Waals surface area contributed by atoms with Crippen molar-refractivity contribution in [2.45, 2.75) is 25.8 Å². The Balaban J connectivity index is 1.83. The highest BCUT2D eigenvalue weighted by atomic mass is 79.9. The van der Waals surface area contributed by atoms with E-state index < -0.39 is 0 Å². The minimum Gasteiger partial charge on any atom is -0.358 e. The fourth-order valence-electron chi connectivity index (χ4n) is 2.62. The molecule has 0 radical (unpaired) electrons. The third-order valence-corrected chi connectivity index (χ3v) is 4.23. The summed E-state index contributed by atoms with van der Waals surface area (Å²) in [5.74, 6) is 0.829. The summed E-state index contributed by atoms with van der Waals surface area (Å²) in [6.07, 6.45) is 3.72. The van der Waals surface area contributed by atoms with Crippen LogP contribution < -0.4 is 5.32 Å². The molecular formula is C15H17BrN4O. The second kappa shape index (κ2) is 5.97. The summed E-state index contributed by atoms with van der Waals surface area (Å²) in [6.45, 7) is 3.61. The molecule has 0 bridgehead atoms. The Labute approximate surface area is 131 Å². The molecule has 5 nitrogen and oxygen atoms in total. The van der Waals surface area contributed by atoms with E-state index in [2.05, 4.69) is 31.2 Å². The Morgan fingerprint density at radius 1 is 1.33 bits per heavy atom. The van der Waals surface area contributed by atoms with Gasteiger partial charge in [-0.05, 0) is 38.0 Å². The van der Waals surface area contributed by atoms with Crippen LogP contribution in [0.5, 0.6) is 0 Å². The first-order valence-electron chi connectivity index (χ1n) is 7.11. The van der Waals surface area contributed by atoms with Crippen molar-refractivity contribution >= 4 is 38.6 Å². The molecule has 0 spiro atoms. The number of hydrogen-bond acceptors (Lipinski definition) is 4. The number of nitrogens with one attached hydrogen (secondary N) is 1. The number of benzene rings is 1. The Kier molecular flexibility index (Phi) is 4.05. The van der Waals surface area contributed by atoms with Crippen molar-refractivity contribution in [1.82, 2.24) is 14.9 Å². The predicted octanol–water partition coefficient (Wildman–Crippen LogP) is 2.82. The van der Waals surface area contributed by atoms with Crippen molar-refractivity contribution in [2.24, 2.45) is 0 Å². The van der Waals surface area contributed by atoms with E-state index in [-0.39, 0.29) is 11.9 Å². The van der Waals surface area contributed by atoms with E-state index in [4.69, 9.17) is 0 Å². The standard InChI is InChI=1S/C15H17BrN4O/c1-10(15(21)20-6-2-3-7-20)19-14-12-8-11(16)4-5-13(12)17-9-18-14/h4-5,8-10H,2-3,6-7H2,1H3,(H,17,18,19). The lowest BCUT2D eigenvalue weighted by Crippen LogP contribution is -2.39. The van der Waals surface area contributed by atoms with Crippen LogP contribution >= 0.6 is 15.9 Å². The molecule has 1 N–H and O–H groups in total. The third-order valence-electron chi connectivity index (χ3n) is 3.74. The molecule has 110 valence electrons. The largest absolute Gasteiger partial charge is 0.358 e. The van der Waals surface area contributed by atoms with Crippen LogP contribution in [0.25, 0.3) is 10.9 Å². The van der Waals surface area contributed by atoms with Gasteiger partial charge in [-0.3, -0.25) is 4.79 Å². The molecule has 1 aromatic carbocycles. The van der Waals surface area contributed by atoms with Gasteiger partial charge in [-0.15, -0.1) is 0 Å². The van der Waals surface area contributed by atoms with Gasteiger partial charge in [0.25, 0.3) is 0 Å². The maximum atomic E-state index is 12.4. The predicted molar refractivity (Wildman–Crippen MR) is 86.1 cm³/mol. The Hall–Kier alpha value is -1.69. The zero-order valence-electron chi connectivity index (χ0n) is 11.8. The number of halogens is 1. The number of carbonyl (C=O) groups is 1. The molecule has 0 saturated carbocycles. The molecule has 6 heteroatoms. The van der Waals surface area contributed by atoms with E-state index in [0.717, 1.165) is 41.3 Å². The molecule has 2 aromatic rings. The van der Waals surface area contributed by atoms with Crippen molar-refractivity contribution in [3.8, 4) is 0 Å². The highest BCUT2D eigenvalue weighted by molar-refractivity contribution is 9.10. The van der Waals surface area contributed by atoms with Crippen LogP contribution in [0.1, 0.15) is 19.8 Å². The number of likely N-dealkylation sites (tertiary alicyclic amines) is 1. The first-order chi connectivity index (χ1) is 10.1. The van der Waals surface area contributed by atoms with Crippen molar-refractivity contribution < 1.29 is 4.79 Å². The monoisotopic (exact) mass is 348 g/mol. The molecule has 1 amide bonds. The number of anilines is 1. The molecule has 1 atom stereocenters. The van der Waals surface area contributed by atoms with E-state index in [1.165, 1.54) is 6.33 Å². The second-order valence-electron chi connectivity index (χ2n) is 5.28. The molecule has 0 aliphatic carbocycles. The fraction of sp³-hybridized carbons (Fsp3) is 0.400. The topological polar surface area (TPSA) is 58.1 Å². The van der Waals surface area contributed by atoms with Crippen LogP contribution in [0.4, 0.5) is 5.82 Å². The second-order valence-corrected chi connectivity index (χ2v) is 6.20. The van der Waals surface area contributed by atoms with Crippen LogP contribution in [0.2, 0.25) is 0 Å². The van der Waals surface area contributed by atoms with Crippen molar-refractivity contribution in [3.63, 3.8) is 0 Å². The number of amides is 1. The smallest absolute Gasteiger partial charge is 0.244 e. The van der Waals surface area contributed by atoms with Gasteiger partial charge in [0.2, 0.25) is 5.91 Å². The Morgan fingerprint density at radius 3 is 2.86 bits per heavy atom. The van der Waals surface area contributed by atoms with E-state index in [1.54, 1.807) is 0 Å². The number of fused-ring (bicyclic) bond motifs is 1. The van der Waals surface area contributed by atoms with E-state index >= 15 is 0 Å². The zero-order valence-corrected chi connectivity index (χ0v) is 13.4. The van der Waals surface area contributed by atoms with Gasteiger partial charge in [-0.25, -0.2) is 9.97 Å². The van der Waals surface area contributed by atoms with Gasteiger partial charge < -0.3 is 10.2 Å². The van der Waals surface area contributed by atoms with Crippen molar-refractivity contribution in [3.05, 3.63) is 29.0 Å². The van der Waals surface area contributed by atoms with Gasteiger partial charge >= 0.3 is 0 Å². The van der Waals surface area contributed by atoms with Crippen LogP contribution in [0, 0.1) is 0 Å².